The fourth-order valence-electron chi connectivity index (χ4n) is 3.35. The van der Waals surface area contributed by atoms with Crippen molar-refractivity contribution in [1.29, 1.82) is 5.26 Å². The van der Waals surface area contributed by atoms with Gasteiger partial charge >= 0.3 is 0 Å². The second-order valence-corrected chi connectivity index (χ2v) is 7.57. The SMILES string of the molecule is CSc1ccc(Cc2cc([C@H]3C[C@@H](O)C(O)[C@@H](CO)O3)ccc2C#N)cc1. The van der Waals surface area contributed by atoms with Crippen LogP contribution < -0.4 is 0 Å². The Hall–Kier alpha value is -1.88. The predicted molar refractivity (Wildman–Crippen MR) is 104 cm³/mol. The van der Waals surface area contributed by atoms with E-state index in [9.17, 15) is 20.6 Å². The van der Waals surface area contributed by atoms with Crippen LogP contribution in [0.25, 0.3) is 0 Å². The molecule has 2 aromatic carbocycles. The summed E-state index contributed by atoms with van der Waals surface area (Å²) >= 11 is 1.68. The molecule has 0 amide bonds. The highest BCUT2D eigenvalue weighted by Crippen LogP contribution is 2.33. The minimum absolute atomic E-state index is 0.241. The van der Waals surface area contributed by atoms with Gasteiger partial charge in [-0.3, -0.25) is 0 Å². The molecular weight excluding hydrogens is 362 g/mol. The molecule has 0 spiro atoms. The molecular formula is C21H23NO4S. The average Bonchev–Trinajstić information content (AvgIpc) is 2.70. The summed E-state index contributed by atoms with van der Waals surface area (Å²) in [6.07, 6.45) is -0.430. The number of nitrogens with zero attached hydrogens (tertiary/aromatic N) is 1. The van der Waals surface area contributed by atoms with E-state index >= 15 is 0 Å². The minimum Gasteiger partial charge on any atom is -0.394 e. The van der Waals surface area contributed by atoms with Crippen LogP contribution in [0.5, 0.6) is 0 Å². The fourth-order valence-corrected chi connectivity index (χ4v) is 3.76. The molecule has 27 heavy (non-hydrogen) atoms. The summed E-state index contributed by atoms with van der Waals surface area (Å²) in [5.41, 5.74) is 3.42. The number of hydrogen-bond donors (Lipinski definition) is 3. The van der Waals surface area contributed by atoms with E-state index in [4.69, 9.17) is 4.74 Å². The molecule has 6 heteroatoms. The molecule has 0 saturated carbocycles. The Morgan fingerprint density at radius 1 is 1.19 bits per heavy atom. The van der Waals surface area contributed by atoms with Crippen LogP contribution in [0.3, 0.4) is 0 Å². The third-order valence-electron chi connectivity index (χ3n) is 4.92. The first kappa shape index (κ1) is 19.9. The van der Waals surface area contributed by atoms with Crippen LogP contribution in [0.15, 0.2) is 47.4 Å². The van der Waals surface area contributed by atoms with Crippen molar-refractivity contribution in [2.24, 2.45) is 0 Å². The molecule has 1 saturated heterocycles. The summed E-state index contributed by atoms with van der Waals surface area (Å²) in [4.78, 5) is 1.19. The van der Waals surface area contributed by atoms with Gasteiger partial charge in [-0.25, -0.2) is 0 Å². The Bertz CT molecular complexity index is 818. The summed E-state index contributed by atoms with van der Waals surface area (Å²) in [6, 6.07) is 15.9. The minimum atomic E-state index is -1.10. The van der Waals surface area contributed by atoms with Gasteiger partial charge in [-0.15, -0.1) is 11.8 Å². The maximum Gasteiger partial charge on any atom is 0.110 e. The van der Waals surface area contributed by atoms with Crippen molar-refractivity contribution < 1.29 is 20.1 Å². The zero-order valence-electron chi connectivity index (χ0n) is 15.1. The molecule has 0 aliphatic carbocycles. The Balaban J connectivity index is 1.85. The number of thioether (sulfide) groups is 1. The molecule has 3 N–H and O–H groups in total. The molecule has 142 valence electrons. The van der Waals surface area contributed by atoms with E-state index in [1.807, 2.05) is 18.4 Å². The van der Waals surface area contributed by atoms with Crippen LogP contribution in [-0.4, -0.2) is 46.5 Å². The van der Waals surface area contributed by atoms with E-state index in [0.29, 0.717) is 12.0 Å². The first-order valence-electron chi connectivity index (χ1n) is 8.84. The Morgan fingerprint density at radius 3 is 2.56 bits per heavy atom. The van der Waals surface area contributed by atoms with Gasteiger partial charge in [0.25, 0.3) is 0 Å². The molecule has 0 aromatic heterocycles. The molecule has 5 nitrogen and oxygen atoms in total. The van der Waals surface area contributed by atoms with Crippen molar-refractivity contribution in [3.05, 3.63) is 64.7 Å². The van der Waals surface area contributed by atoms with Gasteiger partial charge in [0.15, 0.2) is 0 Å². The smallest absolute Gasteiger partial charge is 0.110 e. The van der Waals surface area contributed by atoms with Gasteiger partial charge in [-0.1, -0.05) is 24.3 Å². The first-order valence-corrected chi connectivity index (χ1v) is 10.1. The van der Waals surface area contributed by atoms with Crippen molar-refractivity contribution in [3.8, 4) is 6.07 Å². The van der Waals surface area contributed by atoms with Crippen LogP contribution in [0.1, 0.15) is 34.8 Å². The molecule has 0 radical (unpaired) electrons. The quantitative estimate of drug-likeness (QED) is 0.685. The summed E-state index contributed by atoms with van der Waals surface area (Å²) in [6.45, 7) is -0.361. The average molecular weight is 385 g/mol. The number of hydrogen-bond acceptors (Lipinski definition) is 6. The first-order chi connectivity index (χ1) is 13.0. The molecule has 2 aromatic rings. The third-order valence-corrected chi connectivity index (χ3v) is 5.67. The number of benzene rings is 2. The van der Waals surface area contributed by atoms with E-state index in [-0.39, 0.29) is 13.0 Å². The van der Waals surface area contributed by atoms with Crippen molar-refractivity contribution in [3.63, 3.8) is 0 Å². The highest BCUT2D eigenvalue weighted by molar-refractivity contribution is 7.98. The Morgan fingerprint density at radius 2 is 1.93 bits per heavy atom. The monoisotopic (exact) mass is 385 g/mol. The molecule has 3 rings (SSSR count). The van der Waals surface area contributed by atoms with E-state index in [1.165, 1.54) is 4.90 Å². The van der Waals surface area contributed by atoms with Crippen LogP contribution in [0.2, 0.25) is 0 Å². The number of aliphatic hydroxyl groups is 3. The summed E-state index contributed by atoms with van der Waals surface area (Å²) < 4.78 is 5.77. The third kappa shape index (κ3) is 4.52. The van der Waals surface area contributed by atoms with Gasteiger partial charge in [0.05, 0.1) is 30.4 Å². The van der Waals surface area contributed by atoms with Gasteiger partial charge in [0.1, 0.15) is 12.2 Å². The number of aliphatic hydroxyl groups excluding tert-OH is 3. The van der Waals surface area contributed by atoms with Crippen LogP contribution >= 0.6 is 11.8 Å². The molecule has 1 unspecified atom stereocenters. The van der Waals surface area contributed by atoms with Gasteiger partial charge in [-0.05, 0) is 47.6 Å². The maximum absolute atomic E-state index is 10.1. The van der Waals surface area contributed by atoms with E-state index < -0.39 is 24.4 Å². The standard InChI is InChI=1S/C21H23NO4S/c1-27-17-6-2-13(3-7-17)8-16-9-14(4-5-15(16)11-22)19-10-18(24)21(25)20(12-23)26-19/h2-7,9,18-21,23-25H,8,10,12H2,1H3/t18-,19-,20-,21?/m1/s1. The normalized spacial score (nSPS) is 25.1. The Labute approximate surface area is 163 Å². The molecule has 1 fully saturated rings. The molecule has 1 heterocycles. The largest absolute Gasteiger partial charge is 0.394 e. The summed E-state index contributed by atoms with van der Waals surface area (Å²) in [5.74, 6) is 0. The van der Waals surface area contributed by atoms with E-state index in [2.05, 4.69) is 30.3 Å². The van der Waals surface area contributed by atoms with E-state index in [0.717, 1.165) is 16.7 Å². The zero-order valence-corrected chi connectivity index (χ0v) is 15.9. The Kier molecular flexibility index (Phi) is 6.53. The lowest BCUT2D eigenvalue weighted by Gasteiger charge is -2.36. The van der Waals surface area contributed by atoms with Crippen LogP contribution in [-0.2, 0) is 11.2 Å². The lowest BCUT2D eigenvalue weighted by Crippen LogP contribution is -2.47. The summed E-state index contributed by atoms with van der Waals surface area (Å²) in [7, 11) is 0. The van der Waals surface area contributed by atoms with Crippen LogP contribution in [0.4, 0.5) is 0 Å². The molecule has 4 atom stereocenters. The van der Waals surface area contributed by atoms with Gasteiger partial charge < -0.3 is 20.1 Å². The maximum atomic E-state index is 10.1. The van der Waals surface area contributed by atoms with Gasteiger partial charge in [-0.2, -0.15) is 5.26 Å². The van der Waals surface area contributed by atoms with Crippen molar-refractivity contribution in [1.82, 2.24) is 0 Å². The highest BCUT2D eigenvalue weighted by Gasteiger charge is 2.37. The second-order valence-electron chi connectivity index (χ2n) is 6.69. The molecule has 0 bridgehead atoms. The predicted octanol–water partition coefficient (Wildman–Crippen LogP) is 2.42. The zero-order chi connectivity index (χ0) is 19.4. The lowest BCUT2D eigenvalue weighted by atomic mass is 9.91. The van der Waals surface area contributed by atoms with Crippen molar-refractivity contribution >= 4 is 11.8 Å². The van der Waals surface area contributed by atoms with Crippen molar-refractivity contribution in [2.75, 3.05) is 12.9 Å². The second kappa shape index (κ2) is 8.87. The number of nitriles is 1. The van der Waals surface area contributed by atoms with Crippen LogP contribution in [0, 0.1) is 11.3 Å². The number of ether oxygens (including phenoxy) is 1. The van der Waals surface area contributed by atoms with Gasteiger partial charge in [0, 0.05) is 11.3 Å². The summed E-state index contributed by atoms with van der Waals surface area (Å²) in [5, 5.41) is 38.8. The van der Waals surface area contributed by atoms with E-state index in [1.54, 1.807) is 17.8 Å². The van der Waals surface area contributed by atoms with Crippen molar-refractivity contribution in [2.45, 2.75) is 42.2 Å². The lowest BCUT2D eigenvalue weighted by molar-refractivity contribution is -0.181. The topological polar surface area (TPSA) is 93.7 Å². The van der Waals surface area contributed by atoms with Gasteiger partial charge in [0.2, 0.25) is 0 Å². The number of rotatable bonds is 5. The molecule has 1 aliphatic rings. The molecule has 1 aliphatic heterocycles. The fraction of sp³-hybridized carbons (Fsp3) is 0.381. The highest BCUT2D eigenvalue weighted by atomic mass is 32.2.